The van der Waals surface area contributed by atoms with Gasteiger partial charge in [0.05, 0.1) is 6.10 Å². The molecule has 0 aromatic rings. The SMILES string of the molecule is CCCCCC(O)CCC1CCCCC1. The molecule has 15 heavy (non-hydrogen) atoms. The van der Waals surface area contributed by atoms with Crippen LogP contribution in [0, 0.1) is 5.92 Å². The zero-order valence-electron chi connectivity index (χ0n) is 10.4. The quantitative estimate of drug-likeness (QED) is 0.624. The van der Waals surface area contributed by atoms with E-state index in [9.17, 15) is 5.11 Å². The maximum absolute atomic E-state index is 9.81. The van der Waals surface area contributed by atoms with Crippen LogP contribution in [-0.4, -0.2) is 11.2 Å². The average Bonchev–Trinajstić information content (AvgIpc) is 2.28. The summed E-state index contributed by atoms with van der Waals surface area (Å²) in [4.78, 5) is 0. The van der Waals surface area contributed by atoms with Crippen LogP contribution in [0.2, 0.25) is 0 Å². The zero-order valence-corrected chi connectivity index (χ0v) is 10.4. The van der Waals surface area contributed by atoms with Crippen LogP contribution in [0.1, 0.15) is 77.6 Å². The second-order valence-electron chi connectivity index (χ2n) is 5.23. The number of aliphatic hydroxyl groups is 1. The fourth-order valence-electron chi connectivity index (χ4n) is 2.68. The van der Waals surface area contributed by atoms with Gasteiger partial charge >= 0.3 is 0 Å². The Morgan fingerprint density at radius 2 is 1.80 bits per heavy atom. The first-order valence-electron chi connectivity index (χ1n) is 7.01. The number of hydrogen-bond donors (Lipinski definition) is 1. The molecule has 1 N–H and O–H groups in total. The Labute approximate surface area is 95.3 Å². The summed E-state index contributed by atoms with van der Waals surface area (Å²) in [5, 5.41) is 9.81. The van der Waals surface area contributed by atoms with Gasteiger partial charge in [-0.1, -0.05) is 58.3 Å². The van der Waals surface area contributed by atoms with Crippen molar-refractivity contribution in [2.45, 2.75) is 83.7 Å². The summed E-state index contributed by atoms with van der Waals surface area (Å²) >= 11 is 0. The van der Waals surface area contributed by atoms with Gasteiger partial charge in [-0.05, 0) is 25.2 Å². The van der Waals surface area contributed by atoms with E-state index < -0.39 is 0 Å². The predicted molar refractivity (Wildman–Crippen MR) is 66.0 cm³/mol. The summed E-state index contributed by atoms with van der Waals surface area (Å²) in [5.74, 6) is 0.930. The molecule has 1 fully saturated rings. The molecule has 1 unspecified atom stereocenters. The Kier molecular flexibility index (Phi) is 7.08. The second kappa shape index (κ2) is 8.15. The molecule has 0 heterocycles. The molecule has 90 valence electrons. The molecule has 1 heteroatoms. The van der Waals surface area contributed by atoms with Crippen molar-refractivity contribution in [2.24, 2.45) is 5.92 Å². The molecule has 0 spiro atoms. The number of rotatable bonds is 7. The first kappa shape index (κ1) is 13.0. The molecule has 0 aliphatic heterocycles. The predicted octanol–water partition coefficient (Wildman–Crippen LogP) is 4.29. The molecule has 0 amide bonds. The number of unbranched alkanes of at least 4 members (excludes halogenated alkanes) is 2. The monoisotopic (exact) mass is 212 g/mol. The molecule has 0 bridgehead atoms. The van der Waals surface area contributed by atoms with Gasteiger partial charge in [-0.3, -0.25) is 0 Å². The molecule has 1 saturated carbocycles. The third-order valence-corrected chi connectivity index (χ3v) is 3.77. The lowest BCUT2D eigenvalue weighted by molar-refractivity contribution is 0.137. The Morgan fingerprint density at radius 3 is 2.47 bits per heavy atom. The fraction of sp³-hybridized carbons (Fsp3) is 1.00. The highest BCUT2D eigenvalue weighted by molar-refractivity contribution is 4.68. The van der Waals surface area contributed by atoms with Crippen LogP contribution < -0.4 is 0 Å². The van der Waals surface area contributed by atoms with Crippen LogP contribution in [-0.2, 0) is 0 Å². The lowest BCUT2D eigenvalue weighted by atomic mass is 9.85. The standard InChI is InChI=1S/C14H28O/c1-2-3-5-10-14(15)12-11-13-8-6-4-7-9-13/h13-15H,2-12H2,1H3. The Balaban J connectivity index is 1.97. The smallest absolute Gasteiger partial charge is 0.0540 e. The largest absolute Gasteiger partial charge is 0.393 e. The van der Waals surface area contributed by atoms with Crippen molar-refractivity contribution in [3.05, 3.63) is 0 Å². The van der Waals surface area contributed by atoms with Crippen LogP contribution in [0.15, 0.2) is 0 Å². The summed E-state index contributed by atoms with van der Waals surface area (Å²) in [6, 6.07) is 0. The van der Waals surface area contributed by atoms with Crippen molar-refractivity contribution in [3.8, 4) is 0 Å². The van der Waals surface area contributed by atoms with E-state index in [1.807, 2.05) is 0 Å². The molecule has 1 rings (SSSR count). The molecule has 0 radical (unpaired) electrons. The van der Waals surface area contributed by atoms with Gasteiger partial charge in [0.25, 0.3) is 0 Å². The lowest BCUT2D eigenvalue weighted by Gasteiger charge is -2.22. The van der Waals surface area contributed by atoms with Gasteiger partial charge in [-0.2, -0.15) is 0 Å². The highest BCUT2D eigenvalue weighted by atomic mass is 16.3. The molecular weight excluding hydrogens is 184 g/mol. The van der Waals surface area contributed by atoms with E-state index in [0.717, 1.165) is 18.8 Å². The van der Waals surface area contributed by atoms with E-state index in [-0.39, 0.29) is 6.10 Å². The minimum absolute atomic E-state index is 0.0153. The van der Waals surface area contributed by atoms with Gasteiger partial charge < -0.3 is 5.11 Å². The van der Waals surface area contributed by atoms with Crippen molar-refractivity contribution in [3.63, 3.8) is 0 Å². The molecular formula is C14H28O. The van der Waals surface area contributed by atoms with E-state index in [1.54, 1.807) is 0 Å². The molecule has 1 aliphatic rings. The van der Waals surface area contributed by atoms with Crippen LogP contribution in [0.5, 0.6) is 0 Å². The number of hydrogen-bond acceptors (Lipinski definition) is 1. The van der Waals surface area contributed by atoms with Crippen LogP contribution in [0.25, 0.3) is 0 Å². The topological polar surface area (TPSA) is 20.2 Å². The summed E-state index contributed by atoms with van der Waals surface area (Å²) in [7, 11) is 0. The normalized spacial score (nSPS) is 20.4. The highest BCUT2D eigenvalue weighted by Crippen LogP contribution is 2.28. The molecule has 1 aliphatic carbocycles. The van der Waals surface area contributed by atoms with Crippen LogP contribution in [0.3, 0.4) is 0 Å². The molecule has 1 atom stereocenters. The summed E-state index contributed by atoms with van der Waals surface area (Å²) in [5.41, 5.74) is 0. The molecule has 0 aromatic heterocycles. The van der Waals surface area contributed by atoms with E-state index >= 15 is 0 Å². The third-order valence-electron chi connectivity index (χ3n) is 3.77. The van der Waals surface area contributed by atoms with Crippen molar-refractivity contribution in [2.75, 3.05) is 0 Å². The Morgan fingerprint density at radius 1 is 1.07 bits per heavy atom. The van der Waals surface area contributed by atoms with Gasteiger partial charge in [0.15, 0.2) is 0 Å². The van der Waals surface area contributed by atoms with E-state index in [2.05, 4.69) is 6.92 Å². The minimum atomic E-state index is -0.0153. The summed E-state index contributed by atoms with van der Waals surface area (Å²) in [6.45, 7) is 2.22. The Hall–Kier alpha value is -0.0400. The van der Waals surface area contributed by atoms with Gasteiger partial charge in [0, 0.05) is 0 Å². The minimum Gasteiger partial charge on any atom is -0.393 e. The second-order valence-corrected chi connectivity index (χ2v) is 5.23. The molecule has 1 nitrogen and oxygen atoms in total. The zero-order chi connectivity index (χ0) is 10.9. The van der Waals surface area contributed by atoms with Crippen molar-refractivity contribution in [1.82, 2.24) is 0 Å². The summed E-state index contributed by atoms with van der Waals surface area (Å²) < 4.78 is 0. The van der Waals surface area contributed by atoms with Gasteiger partial charge in [0.2, 0.25) is 0 Å². The fourth-order valence-corrected chi connectivity index (χ4v) is 2.68. The number of aliphatic hydroxyl groups excluding tert-OH is 1. The summed E-state index contributed by atoms with van der Waals surface area (Å²) in [6.07, 6.45) is 14.2. The van der Waals surface area contributed by atoms with E-state index in [1.165, 1.54) is 57.8 Å². The van der Waals surface area contributed by atoms with E-state index in [4.69, 9.17) is 0 Å². The third kappa shape index (κ3) is 6.19. The van der Waals surface area contributed by atoms with Gasteiger partial charge in [-0.15, -0.1) is 0 Å². The maximum atomic E-state index is 9.81. The van der Waals surface area contributed by atoms with Gasteiger partial charge in [-0.25, -0.2) is 0 Å². The molecule has 0 saturated heterocycles. The average molecular weight is 212 g/mol. The van der Waals surface area contributed by atoms with Crippen molar-refractivity contribution < 1.29 is 5.11 Å². The van der Waals surface area contributed by atoms with Crippen molar-refractivity contribution in [1.29, 1.82) is 0 Å². The van der Waals surface area contributed by atoms with Crippen molar-refractivity contribution >= 4 is 0 Å². The lowest BCUT2D eigenvalue weighted by Crippen LogP contribution is -2.12. The first-order chi connectivity index (χ1) is 7.33. The van der Waals surface area contributed by atoms with Crippen LogP contribution in [0.4, 0.5) is 0 Å². The first-order valence-corrected chi connectivity index (χ1v) is 7.01. The maximum Gasteiger partial charge on any atom is 0.0540 e. The van der Waals surface area contributed by atoms with E-state index in [0.29, 0.717) is 0 Å². The Bertz CT molecular complexity index is 138. The molecule has 0 aromatic carbocycles. The van der Waals surface area contributed by atoms with Crippen LogP contribution >= 0.6 is 0 Å². The van der Waals surface area contributed by atoms with Gasteiger partial charge in [0.1, 0.15) is 0 Å². The highest BCUT2D eigenvalue weighted by Gasteiger charge is 2.14.